The fourth-order valence-electron chi connectivity index (χ4n) is 3.58. The van der Waals surface area contributed by atoms with Crippen molar-refractivity contribution in [2.75, 3.05) is 6.54 Å². The van der Waals surface area contributed by atoms with Gasteiger partial charge in [0.15, 0.2) is 22.3 Å². The van der Waals surface area contributed by atoms with E-state index >= 15 is 0 Å². The van der Waals surface area contributed by atoms with Crippen LogP contribution in [0.15, 0.2) is 75.8 Å². The zero-order valence-corrected chi connectivity index (χ0v) is 22.3. The van der Waals surface area contributed by atoms with Gasteiger partial charge in [0.1, 0.15) is 23.7 Å². The van der Waals surface area contributed by atoms with Crippen LogP contribution in [0.4, 0.5) is 26.7 Å². The quantitative estimate of drug-likeness (QED) is 0.201. The summed E-state index contributed by atoms with van der Waals surface area (Å²) in [7, 11) is 0. The van der Waals surface area contributed by atoms with Gasteiger partial charge in [-0.05, 0) is 45.8 Å². The third-order valence-corrected chi connectivity index (χ3v) is 6.12. The molecule has 3 aromatic carbocycles. The summed E-state index contributed by atoms with van der Waals surface area (Å²) < 4.78 is 84.1. The van der Waals surface area contributed by atoms with Gasteiger partial charge < -0.3 is 24.9 Å². The van der Waals surface area contributed by atoms with Crippen LogP contribution in [0.1, 0.15) is 33.5 Å². The Bertz CT molecular complexity index is 1550. The average Bonchev–Trinajstić information content (AvgIpc) is 3.32. The van der Waals surface area contributed by atoms with Crippen molar-refractivity contribution < 1.29 is 45.4 Å². The maximum Gasteiger partial charge on any atom is 0.416 e. The number of hydrogen-bond donors (Lipinski definition) is 2. The Hall–Kier alpha value is -4.46. The first-order chi connectivity index (χ1) is 19.4. The van der Waals surface area contributed by atoms with E-state index in [1.165, 1.54) is 12.1 Å². The van der Waals surface area contributed by atoms with Gasteiger partial charge in [-0.2, -0.15) is 13.2 Å². The van der Waals surface area contributed by atoms with Gasteiger partial charge in [0.2, 0.25) is 5.89 Å². The second kappa shape index (κ2) is 12.4. The zero-order chi connectivity index (χ0) is 29.7. The SMILES string of the molecule is NC(=O)c1c(F)ccc(OC(CNC(=O)OCc2ccccc2)c2nc(-c3ccc(C(F)(F)F)cc3)c(Br)o2)c1F. The van der Waals surface area contributed by atoms with Gasteiger partial charge in [-0.1, -0.05) is 42.5 Å². The minimum atomic E-state index is -4.55. The van der Waals surface area contributed by atoms with Crippen molar-refractivity contribution in [1.29, 1.82) is 0 Å². The molecule has 0 radical (unpaired) electrons. The standard InChI is InChI=1S/C27H19BrF5N3O5/c28-23-22(15-6-8-16(9-7-15)27(31,32)33)36-25(41-23)19(12-35-26(38)39-13-14-4-2-1-3-5-14)40-18-11-10-17(29)20(21(18)30)24(34)37/h1-11,19H,12-13H2,(H2,34,37)(H,35,38). The largest absolute Gasteiger partial charge is 0.476 e. The first-order valence-corrected chi connectivity index (χ1v) is 12.5. The first-order valence-electron chi connectivity index (χ1n) is 11.7. The smallest absolute Gasteiger partial charge is 0.416 e. The maximum atomic E-state index is 14.9. The molecule has 214 valence electrons. The van der Waals surface area contributed by atoms with E-state index in [2.05, 4.69) is 26.2 Å². The Labute approximate surface area is 237 Å². The van der Waals surface area contributed by atoms with Crippen molar-refractivity contribution in [2.24, 2.45) is 5.73 Å². The third-order valence-electron chi connectivity index (χ3n) is 5.58. The molecule has 41 heavy (non-hydrogen) atoms. The monoisotopic (exact) mass is 639 g/mol. The van der Waals surface area contributed by atoms with Crippen LogP contribution in [0, 0.1) is 11.6 Å². The summed E-state index contributed by atoms with van der Waals surface area (Å²) in [6, 6.07) is 14.5. The van der Waals surface area contributed by atoms with Gasteiger partial charge in [0.25, 0.3) is 5.91 Å². The molecule has 1 heterocycles. The third kappa shape index (κ3) is 7.20. The van der Waals surface area contributed by atoms with Gasteiger partial charge in [-0.25, -0.2) is 18.6 Å². The Balaban J connectivity index is 1.60. The molecule has 1 unspecified atom stereocenters. The van der Waals surface area contributed by atoms with E-state index in [0.29, 0.717) is 5.56 Å². The summed E-state index contributed by atoms with van der Waals surface area (Å²) in [4.78, 5) is 28.1. The fraction of sp³-hybridized carbons (Fsp3) is 0.148. The van der Waals surface area contributed by atoms with Crippen molar-refractivity contribution in [3.8, 4) is 17.0 Å². The molecule has 4 rings (SSSR count). The second-order valence-electron chi connectivity index (χ2n) is 8.40. The number of nitrogens with zero attached hydrogens (tertiary/aromatic N) is 1. The van der Waals surface area contributed by atoms with Crippen LogP contribution in [0.2, 0.25) is 0 Å². The van der Waals surface area contributed by atoms with Gasteiger partial charge in [0, 0.05) is 5.56 Å². The van der Waals surface area contributed by atoms with Crippen LogP contribution in [-0.4, -0.2) is 23.5 Å². The lowest BCUT2D eigenvalue weighted by Gasteiger charge is -2.18. The zero-order valence-electron chi connectivity index (χ0n) is 20.7. The summed E-state index contributed by atoms with van der Waals surface area (Å²) in [6.07, 6.45) is -6.82. The molecule has 14 heteroatoms. The van der Waals surface area contributed by atoms with Crippen LogP contribution in [0.5, 0.6) is 5.75 Å². The number of alkyl halides is 3. The average molecular weight is 640 g/mol. The minimum Gasteiger partial charge on any atom is -0.476 e. The predicted molar refractivity (Wildman–Crippen MR) is 138 cm³/mol. The molecule has 3 N–H and O–H groups in total. The molecule has 0 aliphatic heterocycles. The molecule has 8 nitrogen and oxygen atoms in total. The summed E-state index contributed by atoms with van der Waals surface area (Å²) in [5, 5.41) is 2.42. The number of benzene rings is 3. The molecule has 0 aliphatic carbocycles. The molecule has 0 aliphatic rings. The Morgan fingerprint density at radius 1 is 1.02 bits per heavy atom. The lowest BCUT2D eigenvalue weighted by Crippen LogP contribution is -2.31. The number of nitrogens with two attached hydrogens (primary N) is 1. The molecular weight excluding hydrogens is 621 g/mol. The van der Waals surface area contributed by atoms with Crippen molar-refractivity contribution in [1.82, 2.24) is 10.3 Å². The lowest BCUT2D eigenvalue weighted by atomic mass is 10.1. The number of oxazole rings is 1. The topological polar surface area (TPSA) is 117 Å². The van der Waals surface area contributed by atoms with Gasteiger partial charge in [-0.15, -0.1) is 0 Å². The van der Waals surface area contributed by atoms with E-state index in [-0.39, 0.29) is 28.4 Å². The highest BCUT2D eigenvalue weighted by Gasteiger charge is 2.31. The molecule has 0 fully saturated rings. The highest BCUT2D eigenvalue weighted by molar-refractivity contribution is 9.10. The molecule has 1 atom stereocenters. The van der Waals surface area contributed by atoms with Crippen LogP contribution < -0.4 is 15.8 Å². The number of halogens is 6. The number of rotatable bonds is 9. The predicted octanol–water partition coefficient (Wildman–Crippen LogP) is 6.55. The molecule has 0 spiro atoms. The Morgan fingerprint density at radius 2 is 1.71 bits per heavy atom. The Kier molecular flexibility index (Phi) is 8.91. The number of ether oxygens (including phenoxy) is 2. The number of hydrogen-bond acceptors (Lipinski definition) is 6. The number of amides is 2. The van der Waals surface area contributed by atoms with E-state index in [1.54, 1.807) is 30.3 Å². The van der Waals surface area contributed by atoms with Crippen molar-refractivity contribution in [2.45, 2.75) is 18.9 Å². The van der Waals surface area contributed by atoms with Crippen LogP contribution in [0.25, 0.3) is 11.3 Å². The van der Waals surface area contributed by atoms with Crippen molar-refractivity contribution in [3.63, 3.8) is 0 Å². The molecular formula is C27H19BrF5N3O5. The minimum absolute atomic E-state index is 0.00934. The Morgan fingerprint density at radius 3 is 2.34 bits per heavy atom. The van der Waals surface area contributed by atoms with Crippen molar-refractivity contribution >= 4 is 27.9 Å². The van der Waals surface area contributed by atoms with Crippen LogP contribution in [0.3, 0.4) is 0 Å². The number of aromatic nitrogens is 1. The highest BCUT2D eigenvalue weighted by atomic mass is 79.9. The highest BCUT2D eigenvalue weighted by Crippen LogP contribution is 2.35. The summed E-state index contributed by atoms with van der Waals surface area (Å²) in [5.74, 6) is -4.87. The lowest BCUT2D eigenvalue weighted by molar-refractivity contribution is -0.137. The van der Waals surface area contributed by atoms with Gasteiger partial charge in [0.05, 0.1) is 12.1 Å². The van der Waals surface area contributed by atoms with E-state index in [4.69, 9.17) is 19.6 Å². The normalized spacial score (nSPS) is 12.0. The molecule has 0 saturated carbocycles. The molecule has 0 bridgehead atoms. The number of carbonyl (C=O) groups excluding carboxylic acids is 2. The summed E-state index contributed by atoms with van der Waals surface area (Å²) >= 11 is 3.15. The van der Waals surface area contributed by atoms with Crippen molar-refractivity contribution in [3.05, 3.63) is 106 Å². The molecule has 4 aromatic rings. The fourth-order valence-corrected chi connectivity index (χ4v) is 4.07. The van der Waals surface area contributed by atoms with E-state index < -0.39 is 59.3 Å². The van der Waals surface area contributed by atoms with E-state index in [1.807, 2.05) is 0 Å². The van der Waals surface area contributed by atoms with Crippen LogP contribution >= 0.6 is 15.9 Å². The first kappa shape index (κ1) is 29.5. The molecule has 2 amide bonds. The van der Waals surface area contributed by atoms with E-state index in [0.717, 1.165) is 24.3 Å². The summed E-state index contributed by atoms with van der Waals surface area (Å²) in [6.45, 7) is -0.481. The summed E-state index contributed by atoms with van der Waals surface area (Å²) in [5.41, 5.74) is 4.17. The second-order valence-corrected chi connectivity index (χ2v) is 9.12. The molecule has 0 saturated heterocycles. The van der Waals surface area contributed by atoms with Gasteiger partial charge in [-0.3, -0.25) is 4.79 Å². The number of primary amides is 1. The maximum absolute atomic E-state index is 14.9. The number of nitrogens with one attached hydrogen (secondary N) is 1. The molecule has 1 aromatic heterocycles. The van der Waals surface area contributed by atoms with E-state index in [9.17, 15) is 31.5 Å². The number of carbonyl (C=O) groups is 2. The van der Waals surface area contributed by atoms with Gasteiger partial charge >= 0.3 is 12.3 Å². The van der Waals surface area contributed by atoms with Crippen LogP contribution in [-0.2, 0) is 17.5 Å². The number of alkyl carbamates (subject to hydrolysis) is 1.